The highest BCUT2D eigenvalue weighted by molar-refractivity contribution is 7.13. The largest absolute Gasteiger partial charge is 0.434 e. The van der Waals surface area contributed by atoms with Crippen molar-refractivity contribution in [2.75, 3.05) is 5.73 Å². The van der Waals surface area contributed by atoms with Crippen LogP contribution in [0.1, 0.15) is 21.6 Å². The minimum Gasteiger partial charge on any atom is -0.434 e. The molecule has 0 fully saturated rings. The molecule has 1 aromatic heterocycles. The van der Waals surface area contributed by atoms with Gasteiger partial charge in [-0.05, 0) is 6.92 Å². The summed E-state index contributed by atoms with van der Waals surface area (Å²) in [4.78, 5) is 15.6. The van der Waals surface area contributed by atoms with Crippen LogP contribution in [0.5, 0.6) is 11.6 Å². The van der Waals surface area contributed by atoms with Crippen molar-refractivity contribution in [3.05, 3.63) is 33.7 Å². The van der Waals surface area contributed by atoms with E-state index in [1.807, 2.05) is 0 Å². The third-order valence-electron chi connectivity index (χ3n) is 2.28. The summed E-state index contributed by atoms with van der Waals surface area (Å²) < 4.78 is 32.0. The van der Waals surface area contributed by atoms with Crippen molar-refractivity contribution in [3.8, 4) is 11.6 Å². The highest BCUT2D eigenvalue weighted by atomic mass is 32.1. The van der Waals surface area contributed by atoms with Gasteiger partial charge in [-0.15, -0.1) is 11.3 Å². The van der Waals surface area contributed by atoms with Gasteiger partial charge in [-0.2, -0.15) is 0 Å². The van der Waals surface area contributed by atoms with E-state index in [0.29, 0.717) is 5.01 Å². The number of nitrogens with two attached hydrogens (primary N) is 1. The van der Waals surface area contributed by atoms with E-state index in [2.05, 4.69) is 4.98 Å². The fraction of sp³-hybridized carbons (Fsp3) is 0.167. The van der Waals surface area contributed by atoms with Gasteiger partial charge in [0.25, 0.3) is 0 Å². The number of hydrogen-bond donors (Lipinski definition) is 1. The number of carbonyl (C=O) groups is 1. The standard InChI is InChI=1S/C12H10F2N2O2S/c1-5(17)11-12(16-6(2)19-11)18-10-4-7(13)9(15)3-8(10)14/h3-4H,15H2,1-2H3. The molecule has 0 unspecified atom stereocenters. The number of ketones is 1. The number of thiazole rings is 1. The first-order chi connectivity index (χ1) is 8.88. The smallest absolute Gasteiger partial charge is 0.241 e. The average Bonchev–Trinajstić information content (AvgIpc) is 2.67. The molecular formula is C12H10F2N2O2S. The van der Waals surface area contributed by atoms with Crippen LogP contribution in [-0.4, -0.2) is 10.8 Å². The predicted molar refractivity (Wildman–Crippen MR) is 67.7 cm³/mol. The molecule has 0 bridgehead atoms. The Morgan fingerprint density at radius 2 is 2.05 bits per heavy atom. The third-order valence-corrected chi connectivity index (χ3v) is 3.33. The molecule has 19 heavy (non-hydrogen) atoms. The summed E-state index contributed by atoms with van der Waals surface area (Å²) in [5.74, 6) is -2.26. The number of nitrogen functional groups attached to an aromatic ring is 1. The van der Waals surface area contributed by atoms with Crippen LogP contribution < -0.4 is 10.5 Å². The Bertz CT molecular complexity index is 655. The summed E-state index contributed by atoms with van der Waals surface area (Å²) >= 11 is 1.13. The number of hydrogen-bond acceptors (Lipinski definition) is 5. The van der Waals surface area contributed by atoms with Crippen LogP contribution >= 0.6 is 11.3 Å². The van der Waals surface area contributed by atoms with Crippen LogP contribution in [0.2, 0.25) is 0 Å². The van der Waals surface area contributed by atoms with Gasteiger partial charge in [0, 0.05) is 19.1 Å². The van der Waals surface area contributed by atoms with E-state index >= 15 is 0 Å². The van der Waals surface area contributed by atoms with Gasteiger partial charge in [0.1, 0.15) is 10.7 Å². The van der Waals surface area contributed by atoms with Crippen molar-refractivity contribution in [1.29, 1.82) is 0 Å². The minimum absolute atomic E-state index is 0.0296. The zero-order valence-electron chi connectivity index (χ0n) is 10.2. The topological polar surface area (TPSA) is 65.2 Å². The van der Waals surface area contributed by atoms with Crippen molar-refractivity contribution in [2.45, 2.75) is 13.8 Å². The summed E-state index contributed by atoms with van der Waals surface area (Å²) in [6.45, 7) is 3.03. The Morgan fingerprint density at radius 3 is 2.68 bits per heavy atom. The van der Waals surface area contributed by atoms with E-state index in [4.69, 9.17) is 10.5 Å². The first-order valence-electron chi connectivity index (χ1n) is 5.29. The maximum absolute atomic E-state index is 13.6. The molecule has 1 heterocycles. The molecule has 0 aliphatic carbocycles. The number of rotatable bonds is 3. The van der Waals surface area contributed by atoms with E-state index in [9.17, 15) is 13.6 Å². The second-order valence-corrected chi connectivity index (χ2v) is 5.03. The van der Waals surface area contributed by atoms with Crippen LogP contribution in [0.3, 0.4) is 0 Å². The van der Waals surface area contributed by atoms with Crippen LogP contribution in [0.25, 0.3) is 0 Å². The molecule has 2 rings (SSSR count). The van der Waals surface area contributed by atoms with Gasteiger partial charge < -0.3 is 10.5 Å². The molecule has 0 spiro atoms. The fourth-order valence-corrected chi connectivity index (χ4v) is 2.17. The summed E-state index contributed by atoms with van der Waals surface area (Å²) in [5, 5.41) is 0.594. The Labute approximate surface area is 111 Å². The lowest BCUT2D eigenvalue weighted by molar-refractivity contribution is 0.101. The van der Waals surface area contributed by atoms with Crippen molar-refractivity contribution in [3.63, 3.8) is 0 Å². The zero-order valence-corrected chi connectivity index (χ0v) is 11.0. The van der Waals surface area contributed by atoms with E-state index in [1.165, 1.54) is 6.92 Å². The first-order valence-corrected chi connectivity index (χ1v) is 6.11. The molecule has 0 amide bonds. The number of anilines is 1. The van der Waals surface area contributed by atoms with E-state index in [1.54, 1.807) is 6.92 Å². The number of Topliss-reactive ketones (excluding diaryl/α,β-unsaturated/α-hetero) is 1. The highest BCUT2D eigenvalue weighted by Gasteiger charge is 2.18. The van der Waals surface area contributed by atoms with Gasteiger partial charge in [0.05, 0.1) is 10.7 Å². The fourth-order valence-electron chi connectivity index (χ4n) is 1.43. The lowest BCUT2D eigenvalue weighted by Crippen LogP contribution is -1.98. The Balaban J connectivity index is 2.41. The first kappa shape index (κ1) is 13.4. The van der Waals surface area contributed by atoms with E-state index < -0.39 is 11.6 Å². The third kappa shape index (κ3) is 2.70. The summed E-state index contributed by atoms with van der Waals surface area (Å²) in [7, 11) is 0. The molecule has 0 aliphatic rings. The van der Waals surface area contributed by atoms with Gasteiger partial charge >= 0.3 is 0 Å². The number of aryl methyl sites for hydroxylation is 1. The van der Waals surface area contributed by atoms with Gasteiger partial charge in [-0.3, -0.25) is 4.79 Å². The Kier molecular flexibility index (Phi) is 3.48. The second kappa shape index (κ2) is 4.93. The SMILES string of the molecule is CC(=O)c1sc(C)nc1Oc1cc(F)c(N)cc1F. The van der Waals surface area contributed by atoms with Gasteiger partial charge in [-0.1, -0.05) is 0 Å². The average molecular weight is 284 g/mol. The predicted octanol–water partition coefficient (Wildman–Crippen LogP) is 3.31. The highest BCUT2D eigenvalue weighted by Crippen LogP contribution is 2.32. The zero-order chi connectivity index (χ0) is 14.2. The van der Waals surface area contributed by atoms with Crippen LogP contribution in [-0.2, 0) is 0 Å². The van der Waals surface area contributed by atoms with Crippen LogP contribution in [0.4, 0.5) is 14.5 Å². The van der Waals surface area contributed by atoms with Crippen molar-refractivity contribution >= 4 is 22.8 Å². The quantitative estimate of drug-likeness (QED) is 0.693. The molecule has 0 saturated carbocycles. The normalized spacial score (nSPS) is 10.5. The van der Waals surface area contributed by atoms with E-state index in [-0.39, 0.29) is 28.0 Å². The van der Waals surface area contributed by atoms with Gasteiger partial charge in [0.15, 0.2) is 17.3 Å². The number of nitrogens with zero attached hydrogens (tertiary/aromatic N) is 1. The van der Waals surface area contributed by atoms with Crippen molar-refractivity contribution in [1.82, 2.24) is 4.98 Å². The van der Waals surface area contributed by atoms with E-state index in [0.717, 1.165) is 23.5 Å². The van der Waals surface area contributed by atoms with Crippen molar-refractivity contribution in [2.24, 2.45) is 0 Å². The number of ether oxygens (including phenoxy) is 1. The Morgan fingerprint density at radius 1 is 1.37 bits per heavy atom. The summed E-state index contributed by atoms with van der Waals surface area (Å²) in [5.41, 5.74) is 4.91. The maximum atomic E-state index is 13.6. The Hall–Kier alpha value is -2.02. The molecule has 0 radical (unpaired) electrons. The van der Waals surface area contributed by atoms with Crippen LogP contribution in [0, 0.1) is 18.6 Å². The molecule has 2 N–H and O–H groups in total. The lowest BCUT2D eigenvalue weighted by Gasteiger charge is -2.06. The molecule has 0 aliphatic heterocycles. The monoisotopic (exact) mass is 284 g/mol. The lowest BCUT2D eigenvalue weighted by atomic mass is 10.3. The minimum atomic E-state index is -0.820. The number of benzene rings is 1. The molecule has 100 valence electrons. The van der Waals surface area contributed by atoms with Gasteiger partial charge in [0.2, 0.25) is 5.88 Å². The molecule has 7 heteroatoms. The number of carbonyl (C=O) groups excluding carboxylic acids is 1. The molecule has 2 aromatic rings. The molecule has 0 saturated heterocycles. The number of halogens is 2. The van der Waals surface area contributed by atoms with Crippen molar-refractivity contribution < 1.29 is 18.3 Å². The molecule has 4 nitrogen and oxygen atoms in total. The molecular weight excluding hydrogens is 274 g/mol. The molecule has 1 aromatic carbocycles. The molecule has 0 atom stereocenters. The number of aromatic nitrogens is 1. The van der Waals surface area contributed by atoms with Gasteiger partial charge in [-0.25, -0.2) is 13.8 Å². The summed E-state index contributed by atoms with van der Waals surface area (Å²) in [6.07, 6.45) is 0. The summed E-state index contributed by atoms with van der Waals surface area (Å²) in [6, 6.07) is 1.64. The second-order valence-electron chi connectivity index (χ2n) is 3.83. The van der Waals surface area contributed by atoms with Crippen LogP contribution in [0.15, 0.2) is 12.1 Å². The maximum Gasteiger partial charge on any atom is 0.241 e.